The fourth-order valence-electron chi connectivity index (χ4n) is 2.87. The largest absolute Gasteiger partial charge is 0.328 e. The lowest BCUT2D eigenvalue weighted by molar-refractivity contribution is 0.151. The first-order chi connectivity index (χ1) is 9.63. The highest BCUT2D eigenvalue weighted by Gasteiger charge is 2.23. The first kappa shape index (κ1) is 13.7. The van der Waals surface area contributed by atoms with Gasteiger partial charge in [0.25, 0.3) is 5.56 Å². The number of aromatic nitrogens is 2. The Morgan fingerprint density at radius 1 is 1.65 bits per heavy atom. The second kappa shape index (κ2) is 5.63. The molecule has 1 aliphatic rings. The van der Waals surface area contributed by atoms with Crippen LogP contribution >= 0.6 is 11.3 Å². The molecule has 3 N–H and O–H groups in total. The molecule has 108 valence electrons. The van der Waals surface area contributed by atoms with Crippen molar-refractivity contribution in [2.75, 3.05) is 13.1 Å². The average molecular weight is 292 g/mol. The number of hydrogen-bond donors (Lipinski definition) is 2. The fourth-order valence-corrected chi connectivity index (χ4v) is 3.60. The van der Waals surface area contributed by atoms with E-state index in [4.69, 9.17) is 5.73 Å². The molecule has 2 atom stereocenters. The van der Waals surface area contributed by atoms with Crippen LogP contribution in [0.15, 0.2) is 16.2 Å². The Morgan fingerprint density at radius 3 is 3.30 bits per heavy atom. The van der Waals surface area contributed by atoms with Crippen molar-refractivity contribution in [1.29, 1.82) is 0 Å². The van der Waals surface area contributed by atoms with E-state index in [9.17, 15) is 4.79 Å². The molecule has 0 saturated carbocycles. The third-order valence-corrected chi connectivity index (χ3v) is 4.93. The summed E-state index contributed by atoms with van der Waals surface area (Å²) in [5.74, 6) is 1.30. The average Bonchev–Trinajstić information content (AvgIpc) is 2.88. The Balaban J connectivity index is 1.77. The molecule has 1 fully saturated rings. The van der Waals surface area contributed by atoms with Gasteiger partial charge in [0.1, 0.15) is 10.5 Å². The minimum atomic E-state index is -0.0271. The summed E-state index contributed by atoms with van der Waals surface area (Å²) < 4.78 is 0.709. The summed E-state index contributed by atoms with van der Waals surface area (Å²) in [5, 5.41) is 1.91. The Kier molecular flexibility index (Phi) is 3.87. The number of nitrogens with one attached hydrogen (secondary N) is 1. The second-order valence-corrected chi connectivity index (χ2v) is 6.56. The van der Waals surface area contributed by atoms with Crippen molar-refractivity contribution in [3.8, 4) is 0 Å². The predicted molar refractivity (Wildman–Crippen MR) is 81.9 cm³/mol. The molecule has 0 aromatic carbocycles. The van der Waals surface area contributed by atoms with Crippen LogP contribution < -0.4 is 11.3 Å². The van der Waals surface area contributed by atoms with E-state index in [0.717, 1.165) is 30.9 Å². The van der Waals surface area contributed by atoms with Gasteiger partial charge in [0.05, 0.1) is 12.1 Å². The summed E-state index contributed by atoms with van der Waals surface area (Å²) >= 11 is 1.44. The highest BCUT2D eigenvalue weighted by Crippen LogP contribution is 2.20. The number of rotatable bonds is 3. The van der Waals surface area contributed by atoms with Gasteiger partial charge in [0, 0.05) is 12.6 Å². The fraction of sp³-hybridized carbons (Fsp3) is 0.571. The standard InChI is InChI=1S/C14H20N4OS/c1-9(15)10-3-2-5-18(7-10)8-12-16-11-4-6-20-13(11)14(19)17-12/h4,6,9-10H,2-3,5,7-8,15H2,1H3,(H,16,17,19). The molecule has 0 spiro atoms. The molecule has 0 amide bonds. The van der Waals surface area contributed by atoms with E-state index in [1.165, 1.54) is 17.8 Å². The van der Waals surface area contributed by atoms with Crippen LogP contribution in [0, 0.1) is 5.92 Å². The van der Waals surface area contributed by atoms with Gasteiger partial charge >= 0.3 is 0 Å². The zero-order valence-corrected chi connectivity index (χ0v) is 12.4. The summed E-state index contributed by atoms with van der Waals surface area (Å²) in [6.45, 7) is 4.81. The van der Waals surface area contributed by atoms with Gasteiger partial charge in [-0.15, -0.1) is 11.3 Å². The highest BCUT2D eigenvalue weighted by molar-refractivity contribution is 7.17. The lowest BCUT2D eigenvalue weighted by Crippen LogP contribution is -2.42. The third-order valence-electron chi connectivity index (χ3n) is 4.02. The lowest BCUT2D eigenvalue weighted by atomic mass is 9.92. The van der Waals surface area contributed by atoms with Gasteiger partial charge in [-0.25, -0.2) is 4.98 Å². The number of aromatic amines is 1. The van der Waals surface area contributed by atoms with Crippen molar-refractivity contribution in [2.45, 2.75) is 32.4 Å². The molecule has 0 radical (unpaired) electrons. The van der Waals surface area contributed by atoms with Crippen LogP contribution in [0.5, 0.6) is 0 Å². The summed E-state index contributed by atoms with van der Waals surface area (Å²) in [5.41, 5.74) is 6.78. The van der Waals surface area contributed by atoms with Crippen molar-refractivity contribution in [3.63, 3.8) is 0 Å². The van der Waals surface area contributed by atoms with Crippen molar-refractivity contribution in [2.24, 2.45) is 11.7 Å². The molecule has 5 nitrogen and oxygen atoms in total. The van der Waals surface area contributed by atoms with Crippen LogP contribution in [0.2, 0.25) is 0 Å². The van der Waals surface area contributed by atoms with E-state index in [1.54, 1.807) is 0 Å². The number of hydrogen-bond acceptors (Lipinski definition) is 5. The molecule has 0 aliphatic carbocycles. The molecule has 20 heavy (non-hydrogen) atoms. The first-order valence-corrected chi connectivity index (χ1v) is 7.96. The molecule has 0 bridgehead atoms. The van der Waals surface area contributed by atoms with Gasteiger partial charge in [0.15, 0.2) is 0 Å². The predicted octanol–water partition coefficient (Wildman–Crippen LogP) is 1.54. The monoisotopic (exact) mass is 292 g/mol. The van der Waals surface area contributed by atoms with E-state index in [0.29, 0.717) is 17.2 Å². The molecule has 3 heterocycles. The maximum Gasteiger partial charge on any atom is 0.268 e. The first-order valence-electron chi connectivity index (χ1n) is 7.08. The van der Waals surface area contributed by atoms with Gasteiger partial charge in [-0.3, -0.25) is 9.69 Å². The van der Waals surface area contributed by atoms with E-state index >= 15 is 0 Å². The Labute approximate surface area is 121 Å². The minimum absolute atomic E-state index is 0.0271. The van der Waals surface area contributed by atoms with Gasteiger partial charge in [-0.05, 0) is 43.7 Å². The van der Waals surface area contributed by atoms with Crippen LogP contribution in [-0.4, -0.2) is 34.0 Å². The Morgan fingerprint density at radius 2 is 2.50 bits per heavy atom. The van der Waals surface area contributed by atoms with Crippen molar-refractivity contribution in [3.05, 3.63) is 27.6 Å². The van der Waals surface area contributed by atoms with Crippen molar-refractivity contribution in [1.82, 2.24) is 14.9 Å². The number of piperidine rings is 1. The summed E-state index contributed by atoms with van der Waals surface area (Å²) in [4.78, 5) is 21.7. The topological polar surface area (TPSA) is 75.0 Å². The number of H-pyrrole nitrogens is 1. The van der Waals surface area contributed by atoms with E-state index in [1.807, 2.05) is 11.4 Å². The van der Waals surface area contributed by atoms with Crippen LogP contribution in [-0.2, 0) is 6.54 Å². The van der Waals surface area contributed by atoms with Gasteiger partial charge in [-0.2, -0.15) is 0 Å². The number of fused-ring (bicyclic) bond motifs is 1. The maximum atomic E-state index is 12.0. The van der Waals surface area contributed by atoms with Gasteiger partial charge < -0.3 is 10.7 Å². The lowest BCUT2D eigenvalue weighted by Gasteiger charge is -2.34. The Hall–Kier alpha value is -1.24. The molecule has 2 aromatic rings. The van der Waals surface area contributed by atoms with Crippen LogP contribution in [0.4, 0.5) is 0 Å². The maximum absolute atomic E-state index is 12.0. The van der Waals surface area contributed by atoms with Crippen LogP contribution in [0.1, 0.15) is 25.6 Å². The molecule has 6 heteroatoms. The van der Waals surface area contributed by atoms with Gasteiger partial charge in [-0.1, -0.05) is 0 Å². The number of thiophene rings is 1. The summed E-state index contributed by atoms with van der Waals surface area (Å²) in [6.07, 6.45) is 2.36. The van der Waals surface area contributed by atoms with E-state index < -0.39 is 0 Å². The molecular weight excluding hydrogens is 272 g/mol. The second-order valence-electron chi connectivity index (χ2n) is 5.64. The van der Waals surface area contributed by atoms with Crippen molar-refractivity contribution >= 4 is 21.6 Å². The van der Waals surface area contributed by atoms with E-state index in [-0.39, 0.29) is 11.6 Å². The van der Waals surface area contributed by atoms with Crippen LogP contribution in [0.3, 0.4) is 0 Å². The quantitative estimate of drug-likeness (QED) is 0.900. The molecular formula is C14H20N4OS. The zero-order chi connectivity index (χ0) is 14.1. The van der Waals surface area contributed by atoms with E-state index in [2.05, 4.69) is 21.8 Å². The summed E-state index contributed by atoms with van der Waals surface area (Å²) in [7, 11) is 0. The third kappa shape index (κ3) is 2.77. The van der Waals surface area contributed by atoms with Crippen molar-refractivity contribution < 1.29 is 0 Å². The Bertz CT molecular complexity index is 648. The summed E-state index contributed by atoms with van der Waals surface area (Å²) in [6, 6.07) is 2.13. The SMILES string of the molecule is CC(N)C1CCCN(Cc2nc3ccsc3c(=O)[nH]2)C1. The molecule has 1 aliphatic heterocycles. The molecule has 1 saturated heterocycles. The number of likely N-dealkylation sites (tertiary alicyclic amines) is 1. The zero-order valence-electron chi connectivity index (χ0n) is 11.6. The molecule has 3 rings (SSSR count). The minimum Gasteiger partial charge on any atom is -0.328 e. The normalized spacial score (nSPS) is 22.2. The smallest absolute Gasteiger partial charge is 0.268 e. The van der Waals surface area contributed by atoms with Gasteiger partial charge in [0.2, 0.25) is 0 Å². The highest BCUT2D eigenvalue weighted by atomic mass is 32.1. The molecule has 2 unspecified atom stereocenters. The number of nitrogens with two attached hydrogens (primary N) is 1. The number of nitrogens with zero attached hydrogens (tertiary/aromatic N) is 2. The van der Waals surface area contributed by atoms with Crippen LogP contribution in [0.25, 0.3) is 10.2 Å². The molecule has 2 aromatic heterocycles.